The average molecular weight is 249 g/mol. The van der Waals surface area contributed by atoms with Crippen LogP contribution in [0.2, 0.25) is 0 Å². The number of nitrogens with zero attached hydrogens (tertiary/aromatic N) is 1. The molecule has 1 heterocycles. The van der Waals surface area contributed by atoms with Crippen LogP contribution < -0.4 is 4.90 Å². The Morgan fingerprint density at radius 3 is 2.67 bits per heavy atom. The average Bonchev–Trinajstić information content (AvgIpc) is 2.74. The van der Waals surface area contributed by atoms with E-state index in [-0.39, 0.29) is 11.5 Å². The van der Waals surface area contributed by atoms with Crippen LogP contribution in [0.5, 0.6) is 5.75 Å². The predicted molar refractivity (Wildman–Crippen MR) is 65.7 cm³/mol. The molecule has 0 amide bonds. The Kier molecular flexibility index (Phi) is 2.98. The van der Waals surface area contributed by atoms with Gasteiger partial charge >= 0.3 is 5.97 Å². The van der Waals surface area contributed by atoms with Gasteiger partial charge in [-0.05, 0) is 31.9 Å². The third-order valence-corrected chi connectivity index (χ3v) is 3.46. The van der Waals surface area contributed by atoms with Gasteiger partial charge in [-0.2, -0.15) is 0 Å². The number of hydrogen-bond donors (Lipinski definition) is 2. The highest BCUT2D eigenvalue weighted by Gasteiger charge is 2.52. The van der Waals surface area contributed by atoms with Crippen LogP contribution in [0.25, 0.3) is 0 Å². The number of rotatable bonds is 3. The lowest BCUT2D eigenvalue weighted by molar-refractivity contribution is -0.147. The molecule has 1 aliphatic rings. The Hall–Kier alpha value is -2.04. The van der Waals surface area contributed by atoms with Gasteiger partial charge < -0.3 is 15.1 Å². The van der Waals surface area contributed by atoms with Crippen molar-refractivity contribution in [2.24, 2.45) is 0 Å². The van der Waals surface area contributed by atoms with Gasteiger partial charge in [0.15, 0.2) is 11.3 Å². The summed E-state index contributed by atoms with van der Waals surface area (Å²) in [4.78, 5) is 24.9. The number of carbonyl (C=O) groups excluding carboxylic acids is 1. The summed E-state index contributed by atoms with van der Waals surface area (Å²) >= 11 is 0. The van der Waals surface area contributed by atoms with Gasteiger partial charge in [-0.25, -0.2) is 4.79 Å². The number of Topliss-reactive ketones (excluding diaryl/α,β-unsaturated/α-hetero) is 1. The van der Waals surface area contributed by atoms with Crippen LogP contribution in [0.15, 0.2) is 24.3 Å². The monoisotopic (exact) mass is 249 g/mol. The van der Waals surface area contributed by atoms with Crippen molar-refractivity contribution in [3.63, 3.8) is 0 Å². The van der Waals surface area contributed by atoms with E-state index in [1.54, 1.807) is 17.0 Å². The van der Waals surface area contributed by atoms with Crippen LogP contribution in [-0.4, -0.2) is 34.0 Å². The van der Waals surface area contributed by atoms with Gasteiger partial charge in [0.05, 0.1) is 0 Å². The second-order valence-electron chi connectivity index (χ2n) is 4.50. The lowest BCUT2D eigenvalue weighted by atomic mass is 9.91. The number of hydrogen-bond acceptors (Lipinski definition) is 4. The van der Waals surface area contributed by atoms with E-state index in [1.165, 1.54) is 19.1 Å². The van der Waals surface area contributed by atoms with Crippen molar-refractivity contribution in [1.29, 1.82) is 0 Å². The van der Waals surface area contributed by atoms with Crippen molar-refractivity contribution >= 4 is 17.4 Å². The molecule has 0 bridgehead atoms. The summed E-state index contributed by atoms with van der Waals surface area (Å²) < 4.78 is 0. The summed E-state index contributed by atoms with van der Waals surface area (Å²) in [5.41, 5.74) is -0.932. The van der Waals surface area contributed by atoms with Crippen molar-refractivity contribution in [2.75, 3.05) is 11.4 Å². The molecule has 96 valence electrons. The van der Waals surface area contributed by atoms with Crippen molar-refractivity contribution in [2.45, 2.75) is 25.3 Å². The van der Waals surface area contributed by atoms with E-state index < -0.39 is 11.5 Å². The minimum absolute atomic E-state index is 0.0576. The highest BCUT2D eigenvalue weighted by molar-refractivity contribution is 6.10. The number of phenols is 1. The maximum absolute atomic E-state index is 11.8. The molecule has 1 aromatic carbocycles. The van der Waals surface area contributed by atoms with E-state index in [0.29, 0.717) is 25.1 Å². The quantitative estimate of drug-likeness (QED) is 0.792. The first-order valence-corrected chi connectivity index (χ1v) is 5.79. The number of phenolic OH excluding ortho intramolecular Hbond substituents is 1. The number of anilines is 1. The molecule has 5 heteroatoms. The normalized spacial score (nSPS) is 23.1. The van der Waals surface area contributed by atoms with Crippen molar-refractivity contribution in [3.8, 4) is 5.75 Å². The number of aromatic hydroxyl groups is 1. The van der Waals surface area contributed by atoms with Crippen LogP contribution >= 0.6 is 0 Å². The van der Waals surface area contributed by atoms with E-state index in [9.17, 15) is 19.8 Å². The summed E-state index contributed by atoms with van der Waals surface area (Å²) in [7, 11) is 0. The molecule has 1 atom stereocenters. The van der Waals surface area contributed by atoms with Gasteiger partial charge in [0.2, 0.25) is 0 Å². The molecule has 1 unspecified atom stereocenters. The van der Waals surface area contributed by atoms with Crippen LogP contribution in [0, 0.1) is 0 Å². The first kappa shape index (κ1) is 12.4. The van der Waals surface area contributed by atoms with E-state index in [0.717, 1.165) is 0 Å². The largest absolute Gasteiger partial charge is 0.508 e. The van der Waals surface area contributed by atoms with Gasteiger partial charge in [-0.3, -0.25) is 4.79 Å². The molecule has 1 aliphatic heterocycles. The van der Waals surface area contributed by atoms with Gasteiger partial charge in [-0.15, -0.1) is 0 Å². The Morgan fingerprint density at radius 2 is 2.11 bits per heavy atom. The minimum Gasteiger partial charge on any atom is -0.508 e. The van der Waals surface area contributed by atoms with E-state index in [1.807, 2.05) is 0 Å². The van der Waals surface area contributed by atoms with Gasteiger partial charge in [0.1, 0.15) is 5.75 Å². The Bertz CT molecular complexity index is 484. The number of carboxylic acids is 1. The smallest absolute Gasteiger partial charge is 0.337 e. The zero-order chi connectivity index (χ0) is 13.3. The maximum Gasteiger partial charge on any atom is 0.337 e. The van der Waals surface area contributed by atoms with Gasteiger partial charge in [0.25, 0.3) is 0 Å². The predicted octanol–water partition coefficient (Wildman–Crippen LogP) is 1.40. The Balaban J connectivity index is 2.49. The second-order valence-corrected chi connectivity index (χ2v) is 4.50. The van der Waals surface area contributed by atoms with E-state index in [4.69, 9.17) is 0 Å². The van der Waals surface area contributed by atoms with E-state index >= 15 is 0 Å². The molecular formula is C13H15NO4. The summed E-state index contributed by atoms with van der Waals surface area (Å²) in [6.07, 6.45) is 0.939. The topological polar surface area (TPSA) is 77.8 Å². The van der Waals surface area contributed by atoms with E-state index in [2.05, 4.69) is 0 Å². The van der Waals surface area contributed by atoms with Gasteiger partial charge in [0, 0.05) is 18.3 Å². The molecule has 2 rings (SSSR count). The molecule has 1 aromatic rings. The number of carbonyl (C=O) groups is 2. The molecule has 5 nitrogen and oxygen atoms in total. The number of aliphatic carboxylic acids is 1. The zero-order valence-electron chi connectivity index (χ0n) is 10.1. The lowest BCUT2D eigenvalue weighted by Crippen LogP contribution is -2.56. The minimum atomic E-state index is -1.49. The fourth-order valence-corrected chi connectivity index (χ4v) is 2.57. The third-order valence-electron chi connectivity index (χ3n) is 3.46. The molecule has 2 N–H and O–H groups in total. The molecule has 0 radical (unpaired) electrons. The molecule has 1 fully saturated rings. The van der Waals surface area contributed by atoms with Crippen molar-refractivity contribution in [3.05, 3.63) is 24.3 Å². The summed E-state index contributed by atoms with van der Waals surface area (Å²) in [6.45, 7) is 1.80. The Labute approximate surface area is 105 Å². The molecule has 1 saturated heterocycles. The SMILES string of the molecule is CC(=O)C1(C(=O)O)CCCN1c1cccc(O)c1. The first-order chi connectivity index (χ1) is 8.48. The number of carboxylic acid groups (broad SMARTS) is 1. The molecule has 18 heavy (non-hydrogen) atoms. The van der Waals surface area contributed by atoms with Crippen LogP contribution in [0.4, 0.5) is 5.69 Å². The second kappa shape index (κ2) is 4.33. The maximum atomic E-state index is 11.8. The third kappa shape index (κ3) is 1.72. The van der Waals surface area contributed by atoms with Crippen LogP contribution in [0.3, 0.4) is 0 Å². The standard InChI is InChI=1S/C13H15NO4/c1-9(15)13(12(17)18)6-3-7-14(13)10-4-2-5-11(16)8-10/h2,4-5,8,16H,3,6-7H2,1H3,(H,17,18). The van der Waals surface area contributed by atoms with Crippen LogP contribution in [0.1, 0.15) is 19.8 Å². The summed E-state index contributed by atoms with van der Waals surface area (Å²) in [5, 5.41) is 18.9. The first-order valence-electron chi connectivity index (χ1n) is 5.79. The highest BCUT2D eigenvalue weighted by Crippen LogP contribution is 2.36. The highest BCUT2D eigenvalue weighted by atomic mass is 16.4. The Morgan fingerprint density at radius 1 is 1.39 bits per heavy atom. The molecular weight excluding hydrogens is 234 g/mol. The summed E-state index contributed by atoms with van der Waals surface area (Å²) in [5.74, 6) is -1.45. The van der Waals surface area contributed by atoms with Crippen molar-refractivity contribution in [1.82, 2.24) is 0 Å². The fraction of sp³-hybridized carbons (Fsp3) is 0.385. The molecule has 0 aromatic heterocycles. The number of benzene rings is 1. The lowest BCUT2D eigenvalue weighted by Gasteiger charge is -2.34. The zero-order valence-corrected chi connectivity index (χ0v) is 10.1. The fourth-order valence-electron chi connectivity index (χ4n) is 2.57. The van der Waals surface area contributed by atoms with Crippen LogP contribution in [-0.2, 0) is 9.59 Å². The van der Waals surface area contributed by atoms with Crippen molar-refractivity contribution < 1.29 is 19.8 Å². The van der Waals surface area contributed by atoms with Gasteiger partial charge in [-0.1, -0.05) is 6.07 Å². The number of ketones is 1. The molecule has 0 aliphatic carbocycles. The molecule has 0 spiro atoms. The summed E-state index contributed by atoms with van der Waals surface area (Å²) in [6, 6.07) is 6.32. The molecule has 0 saturated carbocycles.